The monoisotopic (exact) mass is 410 g/mol. The number of nitrogens with zero attached hydrogens (tertiary/aromatic N) is 1. The van der Waals surface area contributed by atoms with Crippen LogP contribution in [0.25, 0.3) is 0 Å². The molecule has 1 aliphatic carbocycles. The van der Waals surface area contributed by atoms with Crippen LogP contribution in [-0.2, 0) is 19.9 Å². The first-order chi connectivity index (χ1) is 13.1. The third-order valence-electron chi connectivity index (χ3n) is 4.96. The first-order valence-electron chi connectivity index (χ1n) is 9.34. The van der Waals surface area contributed by atoms with Crippen LogP contribution in [0.15, 0.2) is 29.4 Å². The molecule has 9 heteroatoms. The van der Waals surface area contributed by atoms with Crippen molar-refractivity contribution in [3.05, 3.63) is 24.3 Å². The van der Waals surface area contributed by atoms with Gasteiger partial charge in [0, 0.05) is 5.41 Å². The largest absolute Gasteiger partial charge is 0.490 e. The molecule has 1 aromatic carbocycles. The second-order valence-electron chi connectivity index (χ2n) is 8.00. The average Bonchev–Trinajstić information content (AvgIpc) is 3.15. The molecule has 1 aliphatic heterocycles. The fourth-order valence-corrected chi connectivity index (χ4v) is 4.56. The van der Waals surface area contributed by atoms with Crippen LogP contribution < -0.4 is 13.6 Å². The van der Waals surface area contributed by atoms with Gasteiger partial charge in [0.25, 0.3) is 5.91 Å². The molecule has 2 unspecified atom stereocenters. The van der Waals surface area contributed by atoms with Gasteiger partial charge in [0.05, 0.1) is 18.2 Å². The molecule has 1 aromatic rings. The Kier molecular flexibility index (Phi) is 5.31. The second kappa shape index (κ2) is 7.27. The van der Waals surface area contributed by atoms with Crippen molar-refractivity contribution in [2.24, 2.45) is 16.5 Å². The van der Waals surface area contributed by atoms with Crippen molar-refractivity contribution in [2.45, 2.75) is 52.6 Å². The summed E-state index contributed by atoms with van der Waals surface area (Å²) in [7, 11) is -4.42. The molecule has 3 rings (SSSR count). The van der Waals surface area contributed by atoms with E-state index in [0.717, 1.165) is 18.6 Å². The number of nitrogens with one attached hydrogen (secondary N) is 1. The minimum atomic E-state index is -4.42. The Morgan fingerprint density at radius 3 is 2.64 bits per heavy atom. The molecule has 0 saturated heterocycles. The molecule has 154 valence electrons. The van der Waals surface area contributed by atoms with E-state index < -0.39 is 21.8 Å². The second-order valence-corrected chi connectivity index (χ2v) is 9.28. The van der Waals surface area contributed by atoms with E-state index in [1.54, 1.807) is 25.1 Å². The van der Waals surface area contributed by atoms with Crippen molar-refractivity contribution in [3.8, 4) is 11.5 Å². The molecule has 0 radical (unpaired) electrons. The van der Waals surface area contributed by atoms with Gasteiger partial charge in [0.1, 0.15) is 0 Å². The first kappa shape index (κ1) is 20.4. The van der Waals surface area contributed by atoms with Gasteiger partial charge >= 0.3 is 10.3 Å². The maximum atomic E-state index is 12.9. The molecule has 0 aromatic heterocycles. The Bertz CT molecular complexity index is 890. The number of fused-ring (bicyclic) bond motifs is 1. The van der Waals surface area contributed by atoms with Crippen LogP contribution >= 0.6 is 0 Å². The van der Waals surface area contributed by atoms with Crippen molar-refractivity contribution < 1.29 is 27.0 Å². The van der Waals surface area contributed by atoms with E-state index in [4.69, 9.17) is 13.8 Å². The molecule has 2 atom stereocenters. The van der Waals surface area contributed by atoms with E-state index in [2.05, 4.69) is 5.16 Å². The summed E-state index contributed by atoms with van der Waals surface area (Å²) >= 11 is 0. The van der Waals surface area contributed by atoms with Crippen LogP contribution in [0, 0.1) is 11.3 Å². The molecular formula is C19H26N2O6S. The summed E-state index contributed by atoms with van der Waals surface area (Å²) in [6.07, 6.45) is 1.87. The van der Waals surface area contributed by atoms with Crippen molar-refractivity contribution in [1.29, 1.82) is 0 Å². The summed E-state index contributed by atoms with van der Waals surface area (Å²) in [6, 6.07) is 6.36. The predicted molar refractivity (Wildman–Crippen MR) is 103 cm³/mol. The SMILES string of the molecule is CCOc1ccccc1OS(=O)(=O)NC(=O)C12CCCC1C(C(C)(C)C)=NO2. The molecule has 8 nitrogen and oxygen atoms in total. The smallest absolute Gasteiger partial charge is 0.409 e. The quantitative estimate of drug-likeness (QED) is 0.773. The minimum absolute atomic E-state index is 0.00379. The van der Waals surface area contributed by atoms with E-state index >= 15 is 0 Å². The number of rotatable bonds is 6. The zero-order valence-electron chi connectivity index (χ0n) is 16.5. The number of oxime groups is 1. The number of hydrogen-bond donors (Lipinski definition) is 1. The van der Waals surface area contributed by atoms with Gasteiger partial charge in [0.15, 0.2) is 11.5 Å². The average molecular weight is 410 g/mol. The summed E-state index contributed by atoms with van der Waals surface area (Å²) in [5, 5.41) is 4.14. The van der Waals surface area contributed by atoms with E-state index in [1.807, 2.05) is 25.5 Å². The number of benzene rings is 1. The van der Waals surface area contributed by atoms with E-state index in [0.29, 0.717) is 13.0 Å². The molecule has 2 aliphatic rings. The molecule has 1 fully saturated rings. The number of carbonyl (C=O) groups excluding carboxylic acids is 1. The number of ether oxygens (including phenoxy) is 1. The highest BCUT2D eigenvalue weighted by Gasteiger charge is 2.60. The van der Waals surface area contributed by atoms with Crippen LogP contribution in [0.3, 0.4) is 0 Å². The van der Waals surface area contributed by atoms with E-state index in [-0.39, 0.29) is 22.8 Å². The van der Waals surface area contributed by atoms with Crippen LogP contribution in [0.4, 0.5) is 0 Å². The lowest BCUT2D eigenvalue weighted by Gasteiger charge is -2.28. The maximum Gasteiger partial charge on any atom is 0.409 e. The summed E-state index contributed by atoms with van der Waals surface area (Å²) in [5.74, 6) is -0.732. The van der Waals surface area contributed by atoms with Crippen LogP contribution in [-0.4, -0.2) is 32.2 Å². The Morgan fingerprint density at radius 2 is 2.00 bits per heavy atom. The Hall–Kier alpha value is -2.29. The van der Waals surface area contributed by atoms with Gasteiger partial charge in [-0.2, -0.15) is 8.42 Å². The van der Waals surface area contributed by atoms with E-state index in [1.165, 1.54) is 6.07 Å². The third-order valence-corrected chi connectivity index (χ3v) is 5.79. The minimum Gasteiger partial charge on any atom is -0.490 e. The Labute approximate surface area is 165 Å². The number of para-hydroxylation sites is 2. The summed E-state index contributed by atoms with van der Waals surface area (Å²) in [6.45, 7) is 8.10. The molecule has 28 heavy (non-hydrogen) atoms. The van der Waals surface area contributed by atoms with E-state index in [9.17, 15) is 13.2 Å². The molecule has 1 amide bonds. The van der Waals surface area contributed by atoms with Crippen molar-refractivity contribution in [1.82, 2.24) is 4.72 Å². The molecular weight excluding hydrogens is 384 g/mol. The molecule has 0 bridgehead atoms. The van der Waals surface area contributed by atoms with Gasteiger partial charge < -0.3 is 13.8 Å². The highest BCUT2D eigenvalue weighted by molar-refractivity contribution is 7.85. The first-order valence-corrected chi connectivity index (χ1v) is 10.7. The standard InChI is InChI=1S/C19H26N2O6S/c1-5-25-14-10-6-7-11-15(14)26-28(23,24)21-17(22)19-12-8-9-13(19)16(20-27-19)18(2,3)4/h6-7,10-11,13H,5,8-9,12H2,1-4H3,(H,21,22). The normalized spacial score (nSPS) is 24.1. The topological polar surface area (TPSA) is 103 Å². The van der Waals surface area contributed by atoms with Gasteiger partial charge in [-0.25, -0.2) is 4.72 Å². The number of carbonyl (C=O) groups is 1. The lowest BCUT2D eigenvalue weighted by molar-refractivity contribution is -0.144. The third kappa shape index (κ3) is 3.80. The van der Waals surface area contributed by atoms with Gasteiger partial charge in [-0.15, -0.1) is 0 Å². The van der Waals surface area contributed by atoms with Crippen LogP contribution in [0.5, 0.6) is 11.5 Å². The summed E-state index contributed by atoms with van der Waals surface area (Å²) in [5.41, 5.74) is -0.804. The maximum absolute atomic E-state index is 12.9. The van der Waals surface area contributed by atoms with Crippen LogP contribution in [0.1, 0.15) is 47.0 Å². The highest BCUT2D eigenvalue weighted by atomic mass is 32.2. The molecule has 0 spiro atoms. The number of amides is 1. The van der Waals surface area contributed by atoms with Crippen molar-refractivity contribution >= 4 is 21.9 Å². The lowest BCUT2D eigenvalue weighted by atomic mass is 9.76. The zero-order valence-corrected chi connectivity index (χ0v) is 17.3. The highest BCUT2D eigenvalue weighted by Crippen LogP contribution is 2.47. The van der Waals surface area contributed by atoms with Crippen molar-refractivity contribution in [3.63, 3.8) is 0 Å². The molecule has 1 heterocycles. The predicted octanol–water partition coefficient (Wildman–Crippen LogP) is 2.80. The zero-order chi connectivity index (χ0) is 20.6. The van der Waals surface area contributed by atoms with Crippen LogP contribution in [0.2, 0.25) is 0 Å². The van der Waals surface area contributed by atoms with Gasteiger partial charge in [-0.3, -0.25) is 4.79 Å². The Balaban J connectivity index is 1.78. The van der Waals surface area contributed by atoms with Gasteiger partial charge in [-0.05, 0) is 38.3 Å². The molecule has 1 saturated carbocycles. The van der Waals surface area contributed by atoms with Gasteiger partial charge in [0.2, 0.25) is 5.60 Å². The number of hydrogen-bond acceptors (Lipinski definition) is 7. The lowest BCUT2D eigenvalue weighted by Crippen LogP contribution is -2.53. The summed E-state index contributed by atoms with van der Waals surface area (Å²) in [4.78, 5) is 18.5. The van der Waals surface area contributed by atoms with Crippen molar-refractivity contribution in [2.75, 3.05) is 6.61 Å². The fourth-order valence-electron chi connectivity index (χ4n) is 3.74. The van der Waals surface area contributed by atoms with Gasteiger partial charge in [-0.1, -0.05) is 38.1 Å². The Morgan fingerprint density at radius 1 is 1.32 bits per heavy atom. The molecule has 1 N–H and O–H groups in total. The summed E-state index contributed by atoms with van der Waals surface area (Å²) < 4.78 is 37.4. The fraction of sp³-hybridized carbons (Fsp3) is 0.579.